The molecule has 7 nitrogen and oxygen atoms in total. The van der Waals surface area contributed by atoms with Gasteiger partial charge in [0.25, 0.3) is 0 Å². The molecule has 1 aromatic rings. The van der Waals surface area contributed by atoms with Crippen LogP contribution in [0, 0.1) is 6.92 Å². The molecule has 2 rings (SSSR count). The zero-order valence-corrected chi connectivity index (χ0v) is 15.1. The van der Waals surface area contributed by atoms with Crippen LogP contribution in [0.5, 0.6) is 0 Å². The average molecular weight is 362 g/mol. The second-order valence-electron chi connectivity index (χ2n) is 6.51. The maximum atomic E-state index is 12.6. The van der Waals surface area contributed by atoms with E-state index < -0.39 is 26.8 Å². The molecule has 0 aliphatic carbocycles. The first-order valence-corrected chi connectivity index (χ1v) is 9.14. The molecule has 0 aromatic carbocycles. The van der Waals surface area contributed by atoms with Crippen molar-refractivity contribution in [3.8, 4) is 0 Å². The molecule has 1 aromatic heterocycles. The van der Waals surface area contributed by atoms with Crippen molar-refractivity contribution in [3.63, 3.8) is 0 Å². The summed E-state index contributed by atoms with van der Waals surface area (Å²) >= 11 is 5.88. The number of nitrogens with zero attached hydrogens (tertiary/aromatic N) is 3. The lowest BCUT2D eigenvalue weighted by molar-refractivity contribution is 0.0295. The van der Waals surface area contributed by atoms with Crippen LogP contribution in [-0.4, -0.2) is 53.3 Å². The number of hydrogen-bond acceptors (Lipinski definition) is 6. The average Bonchev–Trinajstić information content (AvgIpc) is 2.90. The molecular weight excluding hydrogens is 342 g/mol. The first-order valence-electron chi connectivity index (χ1n) is 7.21. The molecule has 9 heteroatoms. The van der Waals surface area contributed by atoms with E-state index in [0.717, 1.165) is 0 Å². The molecule has 0 N–H and O–H groups in total. The van der Waals surface area contributed by atoms with Crippen LogP contribution in [0.1, 0.15) is 32.8 Å². The Kier molecular flexibility index (Phi) is 4.86. The fourth-order valence-corrected chi connectivity index (χ4v) is 3.85. The van der Waals surface area contributed by atoms with Crippen LogP contribution in [0.15, 0.2) is 11.4 Å². The molecular formula is C14H20ClN3O4S. The fourth-order valence-electron chi connectivity index (χ4n) is 2.17. The van der Waals surface area contributed by atoms with E-state index in [4.69, 9.17) is 16.3 Å². The first-order chi connectivity index (χ1) is 10.5. The molecule has 23 heavy (non-hydrogen) atoms. The Morgan fingerprint density at radius 3 is 2.65 bits per heavy atom. The maximum Gasteiger partial charge on any atom is 0.410 e. The number of likely N-dealkylation sites (tertiary alicyclic amines) is 1. The van der Waals surface area contributed by atoms with Crippen molar-refractivity contribution in [2.24, 2.45) is 0 Å². The molecule has 2 heterocycles. The Hall–Kier alpha value is -1.41. The Morgan fingerprint density at radius 1 is 1.43 bits per heavy atom. The van der Waals surface area contributed by atoms with E-state index in [1.807, 2.05) is 0 Å². The van der Waals surface area contributed by atoms with Crippen LogP contribution in [-0.2, 0) is 14.6 Å². The lowest BCUT2D eigenvalue weighted by Crippen LogP contribution is -2.37. The van der Waals surface area contributed by atoms with Crippen molar-refractivity contribution in [3.05, 3.63) is 16.9 Å². The predicted molar refractivity (Wildman–Crippen MR) is 85.2 cm³/mol. The van der Waals surface area contributed by atoms with E-state index in [1.54, 1.807) is 27.7 Å². The van der Waals surface area contributed by atoms with Gasteiger partial charge in [0.15, 0.2) is 0 Å². The molecule has 0 bridgehead atoms. The van der Waals surface area contributed by atoms with Gasteiger partial charge >= 0.3 is 6.09 Å². The van der Waals surface area contributed by atoms with Gasteiger partial charge in [-0.15, -0.1) is 0 Å². The van der Waals surface area contributed by atoms with Crippen molar-refractivity contribution < 1.29 is 17.9 Å². The van der Waals surface area contributed by atoms with Crippen LogP contribution in [0.4, 0.5) is 4.79 Å². The van der Waals surface area contributed by atoms with E-state index in [9.17, 15) is 13.2 Å². The zero-order chi connectivity index (χ0) is 17.4. The summed E-state index contributed by atoms with van der Waals surface area (Å²) in [4.78, 5) is 21.1. The molecule has 1 aliphatic rings. The van der Waals surface area contributed by atoms with Crippen molar-refractivity contribution in [1.29, 1.82) is 0 Å². The number of rotatable bonds is 2. The number of aryl methyl sites for hydroxylation is 1. The summed E-state index contributed by atoms with van der Waals surface area (Å²) in [6, 6.07) is 0. The molecule has 1 aliphatic heterocycles. The lowest BCUT2D eigenvalue weighted by atomic mass is 10.2. The molecule has 0 saturated carbocycles. The third-order valence-corrected chi connectivity index (χ3v) is 5.73. The van der Waals surface area contributed by atoms with Crippen LogP contribution < -0.4 is 0 Å². The normalized spacial score (nSPS) is 19.0. The summed E-state index contributed by atoms with van der Waals surface area (Å²) in [7, 11) is -3.74. The lowest BCUT2D eigenvalue weighted by Gasteiger charge is -2.24. The van der Waals surface area contributed by atoms with Gasteiger partial charge in [0, 0.05) is 24.8 Å². The highest BCUT2D eigenvalue weighted by Gasteiger charge is 2.39. The highest BCUT2D eigenvalue weighted by molar-refractivity contribution is 7.91. The van der Waals surface area contributed by atoms with E-state index in [0.29, 0.717) is 18.5 Å². The van der Waals surface area contributed by atoms with Gasteiger partial charge in [-0.05, 0) is 34.1 Å². The summed E-state index contributed by atoms with van der Waals surface area (Å²) in [6.45, 7) is 7.36. The number of hydrogen-bond donors (Lipinski definition) is 0. The molecule has 1 fully saturated rings. The number of halogens is 1. The Morgan fingerprint density at radius 2 is 2.09 bits per heavy atom. The maximum absolute atomic E-state index is 12.6. The van der Waals surface area contributed by atoms with Crippen molar-refractivity contribution in [2.75, 3.05) is 13.1 Å². The van der Waals surface area contributed by atoms with Gasteiger partial charge in [0.05, 0.1) is 5.25 Å². The van der Waals surface area contributed by atoms with Crippen LogP contribution >= 0.6 is 11.6 Å². The Labute approximate surface area is 140 Å². The summed E-state index contributed by atoms with van der Waals surface area (Å²) in [6.07, 6.45) is 1.18. The molecule has 0 radical (unpaired) electrons. The van der Waals surface area contributed by atoms with Crippen LogP contribution in [0.2, 0.25) is 5.15 Å². The highest BCUT2D eigenvalue weighted by atomic mass is 35.5. The van der Waals surface area contributed by atoms with Gasteiger partial charge < -0.3 is 9.64 Å². The summed E-state index contributed by atoms with van der Waals surface area (Å²) < 4.78 is 30.4. The Bertz CT molecular complexity index is 715. The van der Waals surface area contributed by atoms with Gasteiger partial charge in [-0.2, -0.15) is 0 Å². The van der Waals surface area contributed by atoms with Crippen LogP contribution in [0.3, 0.4) is 0 Å². The minimum atomic E-state index is -3.74. The van der Waals surface area contributed by atoms with Gasteiger partial charge in [-0.25, -0.2) is 23.2 Å². The number of ether oxygens (including phenoxy) is 1. The van der Waals surface area contributed by atoms with E-state index in [1.165, 1.54) is 11.1 Å². The van der Waals surface area contributed by atoms with E-state index in [-0.39, 0.29) is 16.9 Å². The van der Waals surface area contributed by atoms with Crippen molar-refractivity contribution >= 4 is 27.5 Å². The molecule has 1 saturated heterocycles. The number of carbonyl (C=O) groups is 1. The monoisotopic (exact) mass is 361 g/mol. The smallest absolute Gasteiger partial charge is 0.410 e. The number of aromatic nitrogens is 2. The first kappa shape index (κ1) is 17.9. The number of sulfone groups is 1. The van der Waals surface area contributed by atoms with Crippen LogP contribution in [0.25, 0.3) is 0 Å². The number of carbonyl (C=O) groups excluding carboxylic acids is 1. The van der Waals surface area contributed by atoms with Gasteiger partial charge in [-0.3, -0.25) is 0 Å². The molecule has 1 atom stereocenters. The zero-order valence-electron chi connectivity index (χ0n) is 13.5. The van der Waals surface area contributed by atoms with E-state index >= 15 is 0 Å². The summed E-state index contributed by atoms with van der Waals surface area (Å²) in [5.41, 5.74) is -0.0193. The standard InChI is InChI=1S/C14H20ClN3O4S/c1-9-7-16-12(17-11(9)15)23(20,21)10-5-6-18(8-10)13(19)22-14(2,3)4/h7,10H,5-6,8H2,1-4H3/t10-/m0/s1. The highest BCUT2D eigenvalue weighted by Crippen LogP contribution is 2.24. The van der Waals surface area contributed by atoms with Gasteiger partial charge in [0.2, 0.25) is 15.0 Å². The van der Waals surface area contributed by atoms with Gasteiger partial charge in [0.1, 0.15) is 10.8 Å². The third kappa shape index (κ3) is 4.11. The molecule has 0 unspecified atom stereocenters. The SMILES string of the molecule is Cc1cnc(S(=O)(=O)[C@H]2CCN(C(=O)OC(C)(C)C)C2)nc1Cl. The summed E-state index contributed by atoms with van der Waals surface area (Å²) in [5.74, 6) is 0. The topological polar surface area (TPSA) is 89.5 Å². The molecule has 128 valence electrons. The quantitative estimate of drug-likeness (QED) is 0.592. The molecule has 1 amide bonds. The predicted octanol–water partition coefficient (Wildman–Crippen LogP) is 2.22. The third-order valence-electron chi connectivity index (χ3n) is 3.38. The minimum Gasteiger partial charge on any atom is -0.444 e. The Balaban J connectivity index is 2.14. The number of amides is 1. The fraction of sp³-hybridized carbons (Fsp3) is 0.643. The summed E-state index contributed by atoms with van der Waals surface area (Å²) in [5, 5.41) is -0.946. The second-order valence-corrected chi connectivity index (χ2v) is 8.99. The molecule has 0 spiro atoms. The largest absolute Gasteiger partial charge is 0.444 e. The second kappa shape index (κ2) is 6.24. The van der Waals surface area contributed by atoms with Gasteiger partial charge in [-0.1, -0.05) is 11.6 Å². The van der Waals surface area contributed by atoms with Crippen molar-refractivity contribution in [2.45, 2.75) is 50.1 Å². The van der Waals surface area contributed by atoms with E-state index in [2.05, 4.69) is 9.97 Å². The van der Waals surface area contributed by atoms with Crippen molar-refractivity contribution in [1.82, 2.24) is 14.9 Å². The minimum absolute atomic E-state index is 0.0616.